The molecular formula is C25H30N4O2. The molecule has 4 rings (SSSR count). The van der Waals surface area contributed by atoms with Gasteiger partial charge in [-0.2, -0.15) is 0 Å². The molecule has 2 aromatic carbocycles. The fourth-order valence-corrected chi connectivity index (χ4v) is 4.25. The summed E-state index contributed by atoms with van der Waals surface area (Å²) in [6.45, 7) is 4.35. The second-order valence-electron chi connectivity index (χ2n) is 8.37. The van der Waals surface area contributed by atoms with Gasteiger partial charge in [0, 0.05) is 39.0 Å². The highest BCUT2D eigenvalue weighted by Gasteiger charge is 2.34. The van der Waals surface area contributed by atoms with Gasteiger partial charge >= 0.3 is 0 Å². The molecule has 162 valence electrons. The van der Waals surface area contributed by atoms with E-state index in [1.165, 1.54) is 0 Å². The van der Waals surface area contributed by atoms with Gasteiger partial charge in [0.2, 0.25) is 11.8 Å². The highest BCUT2D eigenvalue weighted by molar-refractivity contribution is 5.83. The van der Waals surface area contributed by atoms with Gasteiger partial charge in [-0.05, 0) is 24.1 Å². The molecule has 0 radical (unpaired) electrons. The average molecular weight is 419 g/mol. The zero-order chi connectivity index (χ0) is 21.8. The number of para-hydroxylation sites is 2. The normalized spacial score (nSPS) is 16.3. The SMILES string of the molecule is CCCCN(C)C(=O)Cn1c([C@@H]2CC(=O)N(Cc3ccccc3)C2)nc2ccccc21. The number of carbonyl (C=O) groups excluding carboxylic acids is 2. The van der Waals surface area contributed by atoms with Crippen molar-refractivity contribution in [1.82, 2.24) is 19.4 Å². The summed E-state index contributed by atoms with van der Waals surface area (Å²) in [6.07, 6.45) is 2.47. The molecule has 2 amide bonds. The first kappa shape index (κ1) is 21.1. The van der Waals surface area contributed by atoms with Gasteiger partial charge in [-0.3, -0.25) is 9.59 Å². The van der Waals surface area contributed by atoms with E-state index in [0.717, 1.165) is 41.8 Å². The van der Waals surface area contributed by atoms with E-state index in [0.29, 0.717) is 19.5 Å². The molecular weight excluding hydrogens is 388 g/mol. The quantitative estimate of drug-likeness (QED) is 0.559. The van der Waals surface area contributed by atoms with Crippen molar-refractivity contribution in [3.05, 3.63) is 66.0 Å². The second kappa shape index (κ2) is 9.33. The number of aromatic nitrogens is 2. The molecule has 0 N–H and O–H groups in total. The van der Waals surface area contributed by atoms with Crippen LogP contribution in [0.4, 0.5) is 0 Å². The van der Waals surface area contributed by atoms with Crippen LogP contribution >= 0.6 is 0 Å². The van der Waals surface area contributed by atoms with Gasteiger partial charge in [-0.1, -0.05) is 55.8 Å². The molecule has 1 aliphatic heterocycles. The van der Waals surface area contributed by atoms with Crippen LogP contribution in [0, 0.1) is 0 Å². The number of likely N-dealkylation sites (N-methyl/N-ethyl adjacent to an activating group) is 1. The largest absolute Gasteiger partial charge is 0.344 e. The molecule has 2 heterocycles. The number of hydrogen-bond donors (Lipinski definition) is 0. The molecule has 1 saturated heterocycles. The molecule has 0 aliphatic carbocycles. The molecule has 1 fully saturated rings. The minimum absolute atomic E-state index is 0.0163. The predicted molar refractivity (Wildman–Crippen MR) is 121 cm³/mol. The number of likely N-dealkylation sites (tertiary alicyclic amines) is 1. The number of hydrogen-bond acceptors (Lipinski definition) is 3. The second-order valence-corrected chi connectivity index (χ2v) is 8.37. The molecule has 31 heavy (non-hydrogen) atoms. The maximum atomic E-state index is 12.9. The summed E-state index contributed by atoms with van der Waals surface area (Å²) in [5.41, 5.74) is 2.94. The smallest absolute Gasteiger partial charge is 0.242 e. The van der Waals surface area contributed by atoms with Crippen molar-refractivity contribution in [2.45, 2.75) is 45.2 Å². The fourth-order valence-electron chi connectivity index (χ4n) is 4.25. The zero-order valence-corrected chi connectivity index (χ0v) is 18.3. The first-order valence-corrected chi connectivity index (χ1v) is 11.1. The lowest BCUT2D eigenvalue weighted by Crippen LogP contribution is -2.32. The van der Waals surface area contributed by atoms with Gasteiger partial charge < -0.3 is 14.4 Å². The third-order valence-corrected chi connectivity index (χ3v) is 6.05. The van der Waals surface area contributed by atoms with Crippen LogP contribution in [-0.2, 0) is 22.7 Å². The highest BCUT2D eigenvalue weighted by atomic mass is 16.2. The van der Waals surface area contributed by atoms with Crippen molar-refractivity contribution < 1.29 is 9.59 Å². The number of fused-ring (bicyclic) bond motifs is 1. The maximum absolute atomic E-state index is 12.9. The Labute approximate surface area is 183 Å². The van der Waals surface area contributed by atoms with E-state index < -0.39 is 0 Å². The Bertz CT molecular complexity index is 1060. The van der Waals surface area contributed by atoms with Gasteiger partial charge in [-0.15, -0.1) is 0 Å². The number of unbranched alkanes of at least 4 members (excludes halogenated alkanes) is 1. The number of imidazole rings is 1. The van der Waals surface area contributed by atoms with Gasteiger partial charge in [0.15, 0.2) is 0 Å². The van der Waals surface area contributed by atoms with Crippen LogP contribution in [-0.4, -0.2) is 51.3 Å². The minimum Gasteiger partial charge on any atom is -0.344 e. The minimum atomic E-state index is -0.0163. The van der Waals surface area contributed by atoms with Crippen LogP contribution in [0.15, 0.2) is 54.6 Å². The standard InChI is InChI=1S/C25H30N4O2/c1-3-4-14-27(2)24(31)18-29-22-13-9-8-12-21(22)26-25(29)20-15-23(30)28(17-20)16-19-10-6-5-7-11-19/h5-13,20H,3-4,14-18H2,1-2H3/t20-/m1/s1. The van der Waals surface area contributed by atoms with Gasteiger partial charge in [0.25, 0.3) is 0 Å². The van der Waals surface area contributed by atoms with Crippen LogP contribution in [0.3, 0.4) is 0 Å². The summed E-state index contributed by atoms with van der Waals surface area (Å²) in [6, 6.07) is 18.0. The molecule has 1 aromatic heterocycles. The Morgan fingerprint density at radius 3 is 2.65 bits per heavy atom. The molecule has 6 heteroatoms. The Hall–Kier alpha value is -3.15. The lowest BCUT2D eigenvalue weighted by molar-refractivity contribution is -0.130. The third kappa shape index (κ3) is 4.63. The van der Waals surface area contributed by atoms with E-state index in [1.807, 2.05) is 71.1 Å². The number of nitrogens with zero attached hydrogens (tertiary/aromatic N) is 4. The Morgan fingerprint density at radius 1 is 1.13 bits per heavy atom. The molecule has 3 aromatic rings. The molecule has 1 aliphatic rings. The molecule has 0 unspecified atom stereocenters. The monoisotopic (exact) mass is 418 g/mol. The molecule has 1 atom stereocenters. The van der Waals surface area contributed by atoms with Crippen molar-refractivity contribution in [3.8, 4) is 0 Å². The first-order valence-electron chi connectivity index (χ1n) is 11.1. The van der Waals surface area contributed by atoms with Crippen molar-refractivity contribution >= 4 is 22.8 Å². The topological polar surface area (TPSA) is 58.4 Å². The van der Waals surface area contributed by atoms with E-state index in [-0.39, 0.29) is 24.3 Å². The van der Waals surface area contributed by atoms with E-state index in [1.54, 1.807) is 4.90 Å². The maximum Gasteiger partial charge on any atom is 0.242 e. The van der Waals surface area contributed by atoms with Crippen molar-refractivity contribution in [3.63, 3.8) is 0 Å². The summed E-state index contributed by atoms with van der Waals surface area (Å²) in [4.78, 5) is 34.2. The lowest BCUT2D eigenvalue weighted by atomic mass is 10.1. The van der Waals surface area contributed by atoms with Crippen LogP contribution in [0.5, 0.6) is 0 Å². The number of benzene rings is 2. The highest BCUT2D eigenvalue weighted by Crippen LogP contribution is 2.31. The van der Waals surface area contributed by atoms with Crippen molar-refractivity contribution in [2.75, 3.05) is 20.1 Å². The van der Waals surface area contributed by atoms with Crippen LogP contribution in [0.2, 0.25) is 0 Å². The average Bonchev–Trinajstić information content (AvgIpc) is 3.33. The Morgan fingerprint density at radius 2 is 1.87 bits per heavy atom. The van der Waals surface area contributed by atoms with E-state index in [2.05, 4.69) is 6.92 Å². The molecule has 6 nitrogen and oxygen atoms in total. The summed E-state index contributed by atoms with van der Waals surface area (Å²) < 4.78 is 2.02. The van der Waals surface area contributed by atoms with Crippen LogP contribution in [0.1, 0.15) is 43.5 Å². The van der Waals surface area contributed by atoms with Gasteiger partial charge in [0.1, 0.15) is 12.4 Å². The Balaban J connectivity index is 1.58. The van der Waals surface area contributed by atoms with E-state index in [9.17, 15) is 9.59 Å². The summed E-state index contributed by atoms with van der Waals surface area (Å²) in [5.74, 6) is 1.03. The summed E-state index contributed by atoms with van der Waals surface area (Å²) in [5, 5.41) is 0. The van der Waals surface area contributed by atoms with Gasteiger partial charge in [-0.25, -0.2) is 4.98 Å². The summed E-state index contributed by atoms with van der Waals surface area (Å²) in [7, 11) is 1.86. The third-order valence-electron chi connectivity index (χ3n) is 6.05. The van der Waals surface area contributed by atoms with Gasteiger partial charge in [0.05, 0.1) is 11.0 Å². The number of carbonyl (C=O) groups is 2. The first-order chi connectivity index (χ1) is 15.1. The van der Waals surface area contributed by atoms with Crippen LogP contribution < -0.4 is 0 Å². The van der Waals surface area contributed by atoms with Crippen molar-refractivity contribution in [1.29, 1.82) is 0 Å². The lowest BCUT2D eigenvalue weighted by Gasteiger charge is -2.20. The number of rotatable bonds is 8. The Kier molecular flexibility index (Phi) is 6.35. The molecule has 0 bridgehead atoms. The van der Waals surface area contributed by atoms with E-state index in [4.69, 9.17) is 4.98 Å². The van der Waals surface area contributed by atoms with Crippen LogP contribution in [0.25, 0.3) is 11.0 Å². The zero-order valence-electron chi connectivity index (χ0n) is 18.3. The van der Waals surface area contributed by atoms with Crippen molar-refractivity contribution in [2.24, 2.45) is 0 Å². The molecule has 0 spiro atoms. The molecule has 0 saturated carbocycles. The summed E-state index contributed by atoms with van der Waals surface area (Å²) >= 11 is 0. The fraction of sp³-hybridized carbons (Fsp3) is 0.400. The predicted octanol–water partition coefficient (Wildman–Crippen LogP) is 3.81. The van der Waals surface area contributed by atoms with E-state index >= 15 is 0 Å². The number of amides is 2.